The molecule has 2 N–H and O–H groups in total. The van der Waals surface area contributed by atoms with Crippen molar-refractivity contribution in [3.8, 4) is 0 Å². The topological polar surface area (TPSA) is 88.2 Å². The molecule has 6 nitrogen and oxygen atoms in total. The van der Waals surface area contributed by atoms with Crippen LogP contribution in [0.1, 0.15) is 11.1 Å². The molecule has 0 aliphatic carbocycles. The summed E-state index contributed by atoms with van der Waals surface area (Å²) in [6.45, 7) is 3.95. The third kappa shape index (κ3) is 4.00. The van der Waals surface area contributed by atoms with Crippen molar-refractivity contribution in [3.05, 3.63) is 53.3 Å². The molecule has 0 unspecified atom stereocenters. The van der Waals surface area contributed by atoms with Gasteiger partial charge in [0.25, 0.3) is 5.91 Å². The molecule has 26 heavy (non-hydrogen) atoms. The number of sulfone groups is 1. The molecule has 3 aromatic rings. The monoisotopic (exact) mass is 393 g/mol. The minimum Gasteiger partial charge on any atom is -0.273 e. The van der Waals surface area contributed by atoms with Crippen molar-refractivity contribution in [2.45, 2.75) is 18.7 Å². The maximum absolute atomic E-state index is 12.9. The van der Waals surface area contributed by atoms with Crippen LogP contribution < -0.4 is 10.9 Å². The molecule has 0 atom stereocenters. The van der Waals surface area contributed by atoms with E-state index in [2.05, 4.69) is 15.8 Å². The third-order valence-corrected chi connectivity index (χ3v) is 6.38. The molecule has 1 aromatic heterocycles. The van der Waals surface area contributed by atoms with E-state index in [0.29, 0.717) is 5.13 Å². The van der Waals surface area contributed by atoms with Gasteiger partial charge in [-0.15, -0.1) is 0 Å². The molecule has 1 amide bonds. The van der Waals surface area contributed by atoms with Gasteiger partial charge in [0, 0.05) is 0 Å². The summed E-state index contributed by atoms with van der Waals surface area (Å²) in [5, 5.41) is 0.459. The van der Waals surface area contributed by atoms with E-state index in [1.54, 1.807) is 0 Å². The zero-order chi connectivity index (χ0) is 18.9. The van der Waals surface area contributed by atoms with Crippen molar-refractivity contribution < 1.29 is 17.6 Å². The number of aromatic nitrogens is 1. The van der Waals surface area contributed by atoms with Crippen LogP contribution in [0.25, 0.3) is 10.2 Å². The van der Waals surface area contributed by atoms with Gasteiger partial charge in [0.1, 0.15) is 11.6 Å². The second kappa shape index (κ2) is 7.00. The summed E-state index contributed by atoms with van der Waals surface area (Å²) >= 11 is 1.36. The maximum atomic E-state index is 12.9. The Hall–Kier alpha value is -2.52. The van der Waals surface area contributed by atoms with Crippen LogP contribution in [0.5, 0.6) is 0 Å². The lowest BCUT2D eigenvalue weighted by Crippen LogP contribution is -2.34. The molecule has 9 heteroatoms. The highest BCUT2D eigenvalue weighted by molar-refractivity contribution is 7.92. The number of anilines is 1. The van der Waals surface area contributed by atoms with Gasteiger partial charge in [-0.25, -0.2) is 17.8 Å². The molecule has 1 heterocycles. The van der Waals surface area contributed by atoms with E-state index in [-0.39, 0.29) is 4.90 Å². The van der Waals surface area contributed by atoms with Gasteiger partial charge in [0.05, 0.1) is 15.1 Å². The summed E-state index contributed by atoms with van der Waals surface area (Å²) in [5.41, 5.74) is 7.96. The van der Waals surface area contributed by atoms with Crippen molar-refractivity contribution in [1.29, 1.82) is 0 Å². The Morgan fingerprint density at radius 3 is 2.58 bits per heavy atom. The molecular weight excluding hydrogens is 377 g/mol. The highest BCUT2D eigenvalue weighted by Crippen LogP contribution is 2.29. The number of halogens is 1. The second-order valence-corrected chi connectivity index (χ2v) is 8.82. The van der Waals surface area contributed by atoms with E-state index < -0.39 is 27.3 Å². The van der Waals surface area contributed by atoms with E-state index in [1.807, 2.05) is 26.0 Å². The van der Waals surface area contributed by atoms with E-state index in [1.165, 1.54) is 11.3 Å². The molecule has 0 aliphatic rings. The predicted octanol–water partition coefficient (Wildman–Crippen LogP) is 2.97. The lowest BCUT2D eigenvalue weighted by atomic mass is 10.1. The first-order valence-corrected chi connectivity index (χ1v) is 10.1. The van der Waals surface area contributed by atoms with E-state index in [9.17, 15) is 17.6 Å². The van der Waals surface area contributed by atoms with Crippen molar-refractivity contribution in [2.75, 3.05) is 11.2 Å². The van der Waals surface area contributed by atoms with Gasteiger partial charge in [-0.2, -0.15) is 0 Å². The Labute approximate surface area is 154 Å². The molecule has 0 aliphatic heterocycles. The van der Waals surface area contributed by atoms with Crippen LogP contribution in [-0.4, -0.2) is 25.1 Å². The summed E-state index contributed by atoms with van der Waals surface area (Å²) in [5.74, 6) is -2.03. The van der Waals surface area contributed by atoms with Crippen LogP contribution in [0.3, 0.4) is 0 Å². The highest BCUT2D eigenvalue weighted by Gasteiger charge is 2.19. The lowest BCUT2D eigenvalue weighted by molar-refractivity contribution is -0.118. The quantitative estimate of drug-likeness (QED) is 0.514. The Kier molecular flexibility index (Phi) is 4.92. The standard InChI is InChI=1S/C17H16FN3O3S2/c1-10-7-11(2)16-14(8-10)19-17(25-16)21-20-15(22)9-26(23,24)13-5-3-12(18)4-6-13/h3-8H,9H2,1-2H3,(H,19,21)(H,20,22). The average molecular weight is 393 g/mol. The van der Waals surface area contributed by atoms with Crippen LogP contribution >= 0.6 is 11.3 Å². The highest BCUT2D eigenvalue weighted by atomic mass is 32.2. The number of benzene rings is 2. The molecule has 0 saturated heterocycles. The first-order valence-electron chi connectivity index (χ1n) is 7.65. The smallest absolute Gasteiger partial charge is 0.253 e. The number of hydrogen-bond acceptors (Lipinski definition) is 6. The fraction of sp³-hybridized carbons (Fsp3) is 0.176. The number of aryl methyl sites for hydroxylation is 2. The van der Waals surface area contributed by atoms with Gasteiger partial charge < -0.3 is 0 Å². The number of thiazole rings is 1. The summed E-state index contributed by atoms with van der Waals surface area (Å²) in [6.07, 6.45) is 0. The van der Waals surface area contributed by atoms with Gasteiger partial charge in [-0.3, -0.25) is 15.6 Å². The molecule has 0 saturated carbocycles. The molecule has 2 aromatic carbocycles. The van der Waals surface area contributed by atoms with Crippen molar-refractivity contribution in [1.82, 2.24) is 10.4 Å². The fourth-order valence-electron chi connectivity index (χ4n) is 2.49. The molecule has 3 rings (SSSR count). The van der Waals surface area contributed by atoms with Gasteiger partial charge in [-0.1, -0.05) is 17.4 Å². The van der Waals surface area contributed by atoms with Crippen LogP contribution in [0.2, 0.25) is 0 Å². The number of hydrogen-bond donors (Lipinski definition) is 2. The number of rotatable bonds is 5. The Bertz CT molecular complexity index is 1080. The van der Waals surface area contributed by atoms with Crippen molar-refractivity contribution in [2.24, 2.45) is 0 Å². The summed E-state index contributed by atoms with van der Waals surface area (Å²) in [6, 6.07) is 8.31. The number of nitrogens with one attached hydrogen (secondary N) is 2. The SMILES string of the molecule is Cc1cc(C)c2sc(NNC(=O)CS(=O)(=O)c3ccc(F)cc3)nc2c1. The van der Waals surface area contributed by atoms with Crippen LogP contribution in [0.4, 0.5) is 9.52 Å². The van der Waals surface area contributed by atoms with E-state index in [0.717, 1.165) is 45.6 Å². The summed E-state index contributed by atoms with van der Waals surface area (Å²) in [7, 11) is -3.85. The lowest BCUT2D eigenvalue weighted by Gasteiger charge is -2.06. The molecule has 0 bridgehead atoms. The number of carbonyl (C=O) groups excluding carboxylic acids is 1. The predicted molar refractivity (Wildman–Crippen MR) is 99.3 cm³/mol. The van der Waals surface area contributed by atoms with Crippen LogP contribution in [0.15, 0.2) is 41.3 Å². The van der Waals surface area contributed by atoms with Crippen LogP contribution in [0, 0.1) is 19.7 Å². The van der Waals surface area contributed by atoms with Crippen molar-refractivity contribution >= 4 is 42.4 Å². The second-order valence-electron chi connectivity index (χ2n) is 5.84. The molecule has 0 fully saturated rings. The van der Waals surface area contributed by atoms with Gasteiger partial charge in [0.15, 0.2) is 9.84 Å². The maximum Gasteiger partial charge on any atom is 0.253 e. The minimum atomic E-state index is -3.85. The normalized spacial score (nSPS) is 11.5. The number of fused-ring (bicyclic) bond motifs is 1. The summed E-state index contributed by atoms with van der Waals surface area (Å²) in [4.78, 5) is 16.2. The molecule has 0 radical (unpaired) electrons. The first kappa shape index (κ1) is 18.3. The number of hydrazine groups is 1. The largest absolute Gasteiger partial charge is 0.273 e. The molecule has 0 spiro atoms. The number of nitrogens with zero attached hydrogens (tertiary/aromatic N) is 1. The number of carbonyl (C=O) groups is 1. The summed E-state index contributed by atoms with van der Waals surface area (Å²) < 4.78 is 38.2. The van der Waals surface area contributed by atoms with Gasteiger partial charge in [0.2, 0.25) is 5.13 Å². The minimum absolute atomic E-state index is 0.111. The zero-order valence-electron chi connectivity index (χ0n) is 14.0. The Morgan fingerprint density at radius 2 is 1.88 bits per heavy atom. The van der Waals surface area contributed by atoms with E-state index >= 15 is 0 Å². The Morgan fingerprint density at radius 1 is 1.19 bits per heavy atom. The van der Waals surface area contributed by atoms with Gasteiger partial charge in [-0.05, 0) is 55.3 Å². The third-order valence-electron chi connectivity index (χ3n) is 3.62. The van der Waals surface area contributed by atoms with Crippen molar-refractivity contribution in [3.63, 3.8) is 0 Å². The molecule has 136 valence electrons. The first-order chi connectivity index (χ1) is 12.2. The fourth-order valence-corrected chi connectivity index (χ4v) is 4.49. The van der Waals surface area contributed by atoms with Gasteiger partial charge >= 0.3 is 0 Å². The zero-order valence-corrected chi connectivity index (χ0v) is 15.7. The molecular formula is C17H16FN3O3S2. The average Bonchev–Trinajstić information content (AvgIpc) is 2.96. The number of amides is 1. The van der Waals surface area contributed by atoms with E-state index in [4.69, 9.17) is 0 Å². The Balaban J connectivity index is 1.67. The van der Waals surface area contributed by atoms with Crippen LogP contribution in [-0.2, 0) is 14.6 Å².